The van der Waals surface area contributed by atoms with Crippen LogP contribution in [0.2, 0.25) is 0 Å². The number of hydrogen-bond donors (Lipinski definition) is 0. The highest BCUT2D eigenvalue weighted by molar-refractivity contribution is 7.89. The van der Waals surface area contributed by atoms with Crippen LogP contribution in [0, 0.1) is 0 Å². The molecule has 8 nitrogen and oxygen atoms in total. The predicted octanol–water partition coefficient (Wildman–Crippen LogP) is 4.23. The maximum atomic E-state index is 11.6. The van der Waals surface area contributed by atoms with Crippen molar-refractivity contribution in [3.8, 4) is 33.9 Å². The zero-order valence-electron chi connectivity index (χ0n) is 21.6. The fraction of sp³-hybridized carbons (Fsp3) is 0.310. The smallest absolute Gasteiger partial charge is 0.161 e. The van der Waals surface area contributed by atoms with E-state index in [0.29, 0.717) is 18.1 Å². The van der Waals surface area contributed by atoms with E-state index in [1.807, 2.05) is 60.7 Å². The van der Waals surface area contributed by atoms with Crippen LogP contribution >= 0.6 is 0 Å². The van der Waals surface area contributed by atoms with E-state index in [1.165, 1.54) is 6.26 Å². The number of methoxy groups -OCH3 is 1. The van der Waals surface area contributed by atoms with Gasteiger partial charge in [-0.15, -0.1) is 0 Å². The lowest BCUT2D eigenvalue weighted by Crippen LogP contribution is -2.38. The number of morpholine rings is 1. The van der Waals surface area contributed by atoms with Gasteiger partial charge in [0.05, 0.1) is 49.0 Å². The molecule has 1 fully saturated rings. The van der Waals surface area contributed by atoms with Crippen LogP contribution in [-0.2, 0) is 20.3 Å². The number of para-hydroxylation sites is 1. The molecule has 38 heavy (non-hydrogen) atoms. The molecule has 5 rings (SSSR count). The van der Waals surface area contributed by atoms with E-state index >= 15 is 0 Å². The molecule has 0 atom stereocenters. The van der Waals surface area contributed by atoms with Gasteiger partial charge in [0.1, 0.15) is 6.61 Å². The van der Waals surface area contributed by atoms with Crippen molar-refractivity contribution >= 4 is 20.9 Å². The van der Waals surface area contributed by atoms with Gasteiger partial charge in [0.25, 0.3) is 0 Å². The number of rotatable bonds is 9. The number of aromatic nitrogens is 2. The van der Waals surface area contributed by atoms with E-state index in [1.54, 1.807) is 13.3 Å². The Hall–Kier alpha value is -3.53. The maximum Gasteiger partial charge on any atom is 0.161 e. The number of nitrogens with zero attached hydrogens (tertiary/aromatic N) is 3. The van der Waals surface area contributed by atoms with Crippen LogP contribution in [0.5, 0.6) is 11.5 Å². The molecule has 1 aliphatic rings. The minimum absolute atomic E-state index is 0.0154. The second kappa shape index (κ2) is 11.5. The van der Waals surface area contributed by atoms with Crippen LogP contribution in [0.4, 0.5) is 0 Å². The summed E-state index contributed by atoms with van der Waals surface area (Å²) < 4.78 is 40.3. The van der Waals surface area contributed by atoms with Crippen LogP contribution < -0.4 is 9.47 Å². The average molecular weight is 534 g/mol. The Morgan fingerprint density at radius 3 is 2.47 bits per heavy atom. The third-order valence-electron chi connectivity index (χ3n) is 6.49. The monoisotopic (exact) mass is 533 g/mol. The topological polar surface area (TPSA) is 90.9 Å². The van der Waals surface area contributed by atoms with Crippen LogP contribution in [-0.4, -0.2) is 76.1 Å². The van der Waals surface area contributed by atoms with Crippen LogP contribution in [0.3, 0.4) is 0 Å². The van der Waals surface area contributed by atoms with Crippen molar-refractivity contribution in [1.82, 2.24) is 14.9 Å². The molecule has 0 aliphatic carbocycles. The Balaban J connectivity index is 1.39. The second-order valence-electron chi connectivity index (χ2n) is 9.36. The molecular formula is C29H31N3O5S. The molecule has 1 aromatic heterocycles. The van der Waals surface area contributed by atoms with Gasteiger partial charge in [-0.25, -0.2) is 13.4 Å². The Labute approximate surface area is 223 Å². The van der Waals surface area contributed by atoms with Gasteiger partial charge < -0.3 is 14.2 Å². The van der Waals surface area contributed by atoms with E-state index in [0.717, 1.165) is 71.8 Å². The van der Waals surface area contributed by atoms with E-state index < -0.39 is 9.84 Å². The Kier molecular flexibility index (Phi) is 7.87. The summed E-state index contributed by atoms with van der Waals surface area (Å²) in [7, 11) is -1.46. The molecule has 4 aromatic rings. The molecule has 1 saturated heterocycles. The first-order valence-corrected chi connectivity index (χ1v) is 14.6. The zero-order chi connectivity index (χ0) is 26.5. The number of hydrogen-bond acceptors (Lipinski definition) is 8. The molecule has 3 aromatic carbocycles. The van der Waals surface area contributed by atoms with Crippen molar-refractivity contribution in [2.45, 2.75) is 5.75 Å². The van der Waals surface area contributed by atoms with Gasteiger partial charge in [-0.3, -0.25) is 9.88 Å². The highest BCUT2D eigenvalue weighted by Gasteiger charge is 2.14. The highest BCUT2D eigenvalue weighted by atomic mass is 32.2. The summed E-state index contributed by atoms with van der Waals surface area (Å²) in [6, 6.07) is 19.2. The quantitative estimate of drug-likeness (QED) is 0.316. The molecular weight excluding hydrogens is 502 g/mol. The SMILES string of the molecule is COc1cc(-c2cnc3cccc(-c4ccc(CS(C)(=O)=O)cc4)c3n2)ccc1OCCN1CCOCC1. The lowest BCUT2D eigenvalue weighted by atomic mass is 10.0. The van der Waals surface area contributed by atoms with Gasteiger partial charge >= 0.3 is 0 Å². The lowest BCUT2D eigenvalue weighted by Gasteiger charge is -2.26. The molecule has 198 valence electrons. The molecule has 0 amide bonds. The molecule has 1 aliphatic heterocycles. The zero-order valence-corrected chi connectivity index (χ0v) is 22.4. The van der Waals surface area contributed by atoms with Crippen molar-refractivity contribution in [3.63, 3.8) is 0 Å². The van der Waals surface area contributed by atoms with Crippen molar-refractivity contribution in [2.24, 2.45) is 0 Å². The molecule has 0 N–H and O–H groups in total. The Morgan fingerprint density at radius 1 is 0.974 bits per heavy atom. The summed E-state index contributed by atoms with van der Waals surface area (Å²) in [6.07, 6.45) is 3.00. The minimum Gasteiger partial charge on any atom is -0.493 e. The number of fused-ring (bicyclic) bond motifs is 1. The molecule has 0 saturated carbocycles. The summed E-state index contributed by atoms with van der Waals surface area (Å²) in [5, 5.41) is 0. The third kappa shape index (κ3) is 6.30. The lowest BCUT2D eigenvalue weighted by molar-refractivity contribution is 0.0321. The standard InChI is InChI=1S/C29H31N3O5S/c1-35-28-18-23(10-11-27(28)37-17-14-32-12-15-36-16-13-32)26-19-30-25-5-3-4-24(29(25)31-26)22-8-6-21(7-9-22)20-38(2,33)34/h3-11,18-19H,12-17,20H2,1-2H3. The average Bonchev–Trinajstić information content (AvgIpc) is 2.93. The van der Waals surface area contributed by atoms with Crippen molar-refractivity contribution in [3.05, 3.63) is 72.4 Å². The molecule has 2 heterocycles. The number of benzene rings is 3. The Morgan fingerprint density at radius 2 is 1.74 bits per heavy atom. The van der Waals surface area contributed by atoms with Gasteiger partial charge in [0.2, 0.25) is 0 Å². The fourth-order valence-corrected chi connectivity index (χ4v) is 5.34. The third-order valence-corrected chi connectivity index (χ3v) is 7.35. The molecule has 0 radical (unpaired) electrons. The molecule has 0 spiro atoms. The number of sulfone groups is 1. The van der Waals surface area contributed by atoms with Gasteiger partial charge in [0.15, 0.2) is 21.3 Å². The minimum atomic E-state index is -3.09. The normalized spacial score (nSPS) is 14.5. The van der Waals surface area contributed by atoms with E-state index in [4.69, 9.17) is 19.2 Å². The van der Waals surface area contributed by atoms with Crippen LogP contribution in [0.15, 0.2) is 66.9 Å². The van der Waals surface area contributed by atoms with Gasteiger partial charge in [-0.1, -0.05) is 36.4 Å². The van der Waals surface area contributed by atoms with Crippen molar-refractivity contribution < 1.29 is 22.6 Å². The first-order valence-electron chi connectivity index (χ1n) is 12.5. The summed E-state index contributed by atoms with van der Waals surface area (Å²) in [6.45, 7) is 4.78. The summed E-state index contributed by atoms with van der Waals surface area (Å²) in [5.41, 5.74) is 5.76. The molecule has 0 bridgehead atoms. The van der Waals surface area contributed by atoms with E-state index in [-0.39, 0.29) is 5.75 Å². The van der Waals surface area contributed by atoms with Crippen molar-refractivity contribution in [2.75, 3.05) is 52.8 Å². The number of ether oxygens (including phenoxy) is 3. The van der Waals surface area contributed by atoms with E-state index in [2.05, 4.69) is 9.88 Å². The largest absolute Gasteiger partial charge is 0.493 e. The van der Waals surface area contributed by atoms with Crippen LogP contribution in [0.1, 0.15) is 5.56 Å². The van der Waals surface area contributed by atoms with Gasteiger partial charge in [0, 0.05) is 37.0 Å². The summed E-state index contributed by atoms with van der Waals surface area (Å²) >= 11 is 0. The van der Waals surface area contributed by atoms with Gasteiger partial charge in [-0.05, 0) is 35.4 Å². The fourth-order valence-electron chi connectivity index (χ4n) is 4.54. The maximum absolute atomic E-state index is 11.6. The first kappa shape index (κ1) is 26.1. The second-order valence-corrected chi connectivity index (χ2v) is 11.5. The van der Waals surface area contributed by atoms with Crippen molar-refractivity contribution in [1.29, 1.82) is 0 Å². The highest BCUT2D eigenvalue weighted by Crippen LogP contribution is 2.33. The van der Waals surface area contributed by atoms with Gasteiger partial charge in [-0.2, -0.15) is 0 Å². The van der Waals surface area contributed by atoms with Crippen LogP contribution in [0.25, 0.3) is 33.4 Å². The Bertz CT molecular complexity index is 1520. The summed E-state index contributed by atoms with van der Waals surface area (Å²) in [4.78, 5) is 11.9. The summed E-state index contributed by atoms with van der Waals surface area (Å²) in [5.74, 6) is 1.34. The molecule has 9 heteroatoms. The van der Waals surface area contributed by atoms with E-state index in [9.17, 15) is 8.42 Å². The molecule has 0 unspecified atom stereocenters. The first-order chi connectivity index (χ1) is 18.4. The predicted molar refractivity (Wildman–Crippen MR) is 148 cm³/mol.